The summed E-state index contributed by atoms with van der Waals surface area (Å²) in [4.78, 5) is 2.83. The second kappa shape index (κ2) is 6.91. The Kier molecular flexibility index (Phi) is 5.50. The molecule has 106 valence electrons. The highest BCUT2D eigenvalue weighted by Crippen LogP contribution is 2.35. The number of hydrogen-bond acceptors (Lipinski definition) is 2. The molecule has 4 atom stereocenters. The molecule has 1 saturated carbocycles. The third kappa shape index (κ3) is 3.27. The van der Waals surface area contributed by atoms with Crippen molar-refractivity contribution in [1.82, 2.24) is 4.90 Å². The Labute approximate surface area is 113 Å². The van der Waals surface area contributed by atoms with E-state index in [1.165, 1.54) is 57.9 Å². The molecule has 0 aromatic carbocycles. The lowest BCUT2D eigenvalue weighted by Crippen LogP contribution is -2.50. The minimum absolute atomic E-state index is 0.758. The fourth-order valence-electron chi connectivity index (χ4n) is 4.14. The van der Waals surface area contributed by atoms with Crippen LogP contribution in [-0.4, -0.2) is 30.1 Å². The van der Waals surface area contributed by atoms with Crippen LogP contribution in [0.2, 0.25) is 0 Å². The van der Waals surface area contributed by atoms with E-state index in [0.29, 0.717) is 0 Å². The molecule has 0 radical (unpaired) electrons. The lowest BCUT2D eigenvalue weighted by Gasteiger charge is -2.44. The summed E-state index contributed by atoms with van der Waals surface area (Å²) in [5, 5.41) is 0. The lowest BCUT2D eigenvalue weighted by molar-refractivity contribution is 0.0534. The van der Waals surface area contributed by atoms with Gasteiger partial charge in [-0.2, -0.15) is 0 Å². The quantitative estimate of drug-likeness (QED) is 0.834. The number of hydrogen-bond donors (Lipinski definition) is 1. The van der Waals surface area contributed by atoms with Crippen LogP contribution in [0.3, 0.4) is 0 Å². The first-order valence-corrected chi connectivity index (χ1v) is 8.22. The van der Waals surface area contributed by atoms with Crippen LogP contribution >= 0.6 is 0 Å². The molecule has 0 bridgehead atoms. The standard InChI is InChI=1S/C16H32N2/c1-3-14-8-9-15(12-17)16(11-14)18-10-6-4-5-7-13(18)2/h13-16H,3-12,17H2,1-2H3. The van der Waals surface area contributed by atoms with Crippen LogP contribution in [0.25, 0.3) is 0 Å². The summed E-state index contributed by atoms with van der Waals surface area (Å²) < 4.78 is 0. The molecule has 18 heavy (non-hydrogen) atoms. The van der Waals surface area contributed by atoms with E-state index in [9.17, 15) is 0 Å². The molecule has 0 aromatic rings. The van der Waals surface area contributed by atoms with E-state index in [-0.39, 0.29) is 0 Å². The van der Waals surface area contributed by atoms with Crippen molar-refractivity contribution in [3.63, 3.8) is 0 Å². The first-order chi connectivity index (χ1) is 8.76. The normalized spacial score (nSPS) is 39.5. The maximum absolute atomic E-state index is 6.05. The molecule has 1 saturated heterocycles. The Morgan fingerprint density at radius 3 is 2.67 bits per heavy atom. The van der Waals surface area contributed by atoms with Crippen LogP contribution in [0.15, 0.2) is 0 Å². The van der Waals surface area contributed by atoms with Crippen molar-refractivity contribution >= 4 is 0 Å². The zero-order valence-corrected chi connectivity index (χ0v) is 12.4. The van der Waals surface area contributed by atoms with Gasteiger partial charge in [0.05, 0.1) is 0 Å². The summed E-state index contributed by atoms with van der Waals surface area (Å²) in [6.45, 7) is 7.01. The van der Waals surface area contributed by atoms with E-state index in [1.807, 2.05) is 0 Å². The van der Waals surface area contributed by atoms with Crippen LogP contribution in [0.1, 0.15) is 65.2 Å². The average Bonchev–Trinajstić information content (AvgIpc) is 2.62. The summed E-state index contributed by atoms with van der Waals surface area (Å²) in [7, 11) is 0. The van der Waals surface area contributed by atoms with Gasteiger partial charge in [0.1, 0.15) is 0 Å². The van der Waals surface area contributed by atoms with E-state index in [0.717, 1.165) is 30.5 Å². The second-order valence-corrected chi connectivity index (χ2v) is 6.59. The van der Waals surface area contributed by atoms with Gasteiger partial charge in [0.2, 0.25) is 0 Å². The molecule has 1 aliphatic heterocycles. The van der Waals surface area contributed by atoms with Crippen molar-refractivity contribution in [3.05, 3.63) is 0 Å². The van der Waals surface area contributed by atoms with Crippen LogP contribution < -0.4 is 5.73 Å². The highest BCUT2D eigenvalue weighted by Gasteiger charge is 2.35. The number of nitrogens with two attached hydrogens (primary N) is 1. The van der Waals surface area contributed by atoms with Gasteiger partial charge in [-0.1, -0.05) is 32.6 Å². The molecule has 2 heteroatoms. The lowest BCUT2D eigenvalue weighted by atomic mass is 9.76. The van der Waals surface area contributed by atoms with Gasteiger partial charge in [-0.3, -0.25) is 4.90 Å². The molecule has 2 aliphatic rings. The highest BCUT2D eigenvalue weighted by molar-refractivity contribution is 4.89. The van der Waals surface area contributed by atoms with Gasteiger partial charge in [-0.05, 0) is 57.5 Å². The molecule has 1 heterocycles. The molecule has 0 aromatic heterocycles. The monoisotopic (exact) mass is 252 g/mol. The maximum Gasteiger partial charge on any atom is 0.0141 e. The summed E-state index contributed by atoms with van der Waals surface area (Å²) in [6, 6.07) is 1.56. The van der Waals surface area contributed by atoms with Crippen molar-refractivity contribution < 1.29 is 0 Å². The Bertz CT molecular complexity index is 241. The smallest absolute Gasteiger partial charge is 0.0141 e. The molecule has 0 amide bonds. The van der Waals surface area contributed by atoms with Crippen LogP contribution in [0, 0.1) is 11.8 Å². The van der Waals surface area contributed by atoms with E-state index < -0.39 is 0 Å². The zero-order chi connectivity index (χ0) is 13.0. The molecular formula is C16H32N2. The summed E-state index contributed by atoms with van der Waals surface area (Å²) >= 11 is 0. The van der Waals surface area contributed by atoms with E-state index in [2.05, 4.69) is 18.7 Å². The first-order valence-electron chi connectivity index (χ1n) is 8.22. The van der Waals surface area contributed by atoms with Crippen molar-refractivity contribution in [1.29, 1.82) is 0 Å². The number of nitrogens with zero attached hydrogens (tertiary/aromatic N) is 1. The van der Waals surface area contributed by atoms with Gasteiger partial charge in [0.25, 0.3) is 0 Å². The van der Waals surface area contributed by atoms with E-state index in [4.69, 9.17) is 5.73 Å². The highest BCUT2D eigenvalue weighted by atomic mass is 15.2. The molecule has 4 unspecified atom stereocenters. The number of rotatable bonds is 3. The molecule has 2 nitrogen and oxygen atoms in total. The van der Waals surface area contributed by atoms with Gasteiger partial charge in [0.15, 0.2) is 0 Å². The van der Waals surface area contributed by atoms with Crippen LogP contribution in [-0.2, 0) is 0 Å². The Morgan fingerprint density at radius 1 is 1.11 bits per heavy atom. The predicted molar refractivity (Wildman–Crippen MR) is 78.6 cm³/mol. The SMILES string of the molecule is CCC1CCC(CN)C(N2CCCCCC2C)C1. The first kappa shape index (κ1) is 14.3. The van der Waals surface area contributed by atoms with Gasteiger partial charge in [-0.15, -0.1) is 0 Å². The minimum atomic E-state index is 0.758. The van der Waals surface area contributed by atoms with Gasteiger partial charge >= 0.3 is 0 Å². The molecule has 2 fully saturated rings. The van der Waals surface area contributed by atoms with Crippen LogP contribution in [0.5, 0.6) is 0 Å². The van der Waals surface area contributed by atoms with Gasteiger partial charge in [0, 0.05) is 12.1 Å². The zero-order valence-electron chi connectivity index (χ0n) is 12.4. The van der Waals surface area contributed by atoms with Crippen molar-refractivity contribution in [2.45, 2.75) is 77.3 Å². The fraction of sp³-hybridized carbons (Fsp3) is 1.00. The minimum Gasteiger partial charge on any atom is -0.330 e. The van der Waals surface area contributed by atoms with Crippen molar-refractivity contribution in [2.75, 3.05) is 13.1 Å². The Balaban J connectivity index is 2.05. The van der Waals surface area contributed by atoms with E-state index in [1.54, 1.807) is 0 Å². The Hall–Kier alpha value is -0.0800. The molecule has 2 rings (SSSR count). The van der Waals surface area contributed by atoms with Crippen LogP contribution in [0.4, 0.5) is 0 Å². The Morgan fingerprint density at radius 2 is 1.94 bits per heavy atom. The summed E-state index contributed by atoms with van der Waals surface area (Å²) in [5.74, 6) is 1.71. The summed E-state index contributed by atoms with van der Waals surface area (Å²) in [5.41, 5.74) is 6.05. The largest absolute Gasteiger partial charge is 0.330 e. The molecule has 0 spiro atoms. The number of likely N-dealkylation sites (tertiary alicyclic amines) is 1. The molecular weight excluding hydrogens is 220 g/mol. The third-order valence-corrected chi connectivity index (χ3v) is 5.48. The molecule has 1 aliphatic carbocycles. The van der Waals surface area contributed by atoms with Crippen molar-refractivity contribution in [2.24, 2.45) is 17.6 Å². The fourth-order valence-corrected chi connectivity index (χ4v) is 4.14. The maximum atomic E-state index is 6.05. The van der Waals surface area contributed by atoms with Gasteiger partial charge < -0.3 is 5.73 Å². The predicted octanol–water partition coefficient (Wildman–Crippen LogP) is 3.40. The molecule has 2 N–H and O–H groups in total. The van der Waals surface area contributed by atoms with E-state index >= 15 is 0 Å². The summed E-state index contributed by atoms with van der Waals surface area (Å²) in [6.07, 6.45) is 11.2. The third-order valence-electron chi connectivity index (χ3n) is 5.48. The second-order valence-electron chi connectivity index (χ2n) is 6.59. The average molecular weight is 252 g/mol. The topological polar surface area (TPSA) is 29.3 Å². The van der Waals surface area contributed by atoms with Crippen molar-refractivity contribution in [3.8, 4) is 0 Å². The van der Waals surface area contributed by atoms with Gasteiger partial charge in [-0.25, -0.2) is 0 Å².